The smallest absolute Gasteiger partial charge is 0.330 e. The van der Waals surface area contributed by atoms with Crippen molar-refractivity contribution in [1.82, 2.24) is 0 Å². The van der Waals surface area contributed by atoms with Crippen LogP contribution >= 0.6 is 7.60 Å². The van der Waals surface area contributed by atoms with Crippen LogP contribution in [0.5, 0.6) is 11.5 Å². The molecule has 0 saturated carbocycles. The third kappa shape index (κ3) is 4.63. The Labute approximate surface area is 117 Å². The molecule has 0 saturated heterocycles. The van der Waals surface area contributed by atoms with E-state index in [1.54, 1.807) is 26.8 Å². The number of hydrogen-bond acceptors (Lipinski definition) is 4. The van der Waals surface area contributed by atoms with Crippen molar-refractivity contribution in [3.8, 4) is 11.5 Å². The van der Waals surface area contributed by atoms with E-state index in [-0.39, 0.29) is 11.5 Å². The van der Waals surface area contributed by atoms with E-state index in [1.807, 2.05) is 0 Å². The molecular formula is C13H19O6P. The Morgan fingerprint density at radius 2 is 1.90 bits per heavy atom. The van der Waals surface area contributed by atoms with Gasteiger partial charge in [-0.3, -0.25) is 9.36 Å². The summed E-state index contributed by atoms with van der Waals surface area (Å²) in [5.41, 5.74) is -0.399. The first-order valence-electron chi connectivity index (χ1n) is 5.97. The minimum absolute atomic E-state index is 0.151. The monoisotopic (exact) mass is 302 g/mol. The molecule has 0 aliphatic rings. The molecule has 112 valence electrons. The van der Waals surface area contributed by atoms with Crippen molar-refractivity contribution >= 4 is 13.6 Å². The minimum atomic E-state index is -4.23. The van der Waals surface area contributed by atoms with E-state index < -0.39 is 25.1 Å². The van der Waals surface area contributed by atoms with E-state index in [0.29, 0.717) is 5.56 Å². The lowest BCUT2D eigenvalue weighted by Crippen LogP contribution is -2.25. The molecule has 0 aromatic heterocycles. The van der Waals surface area contributed by atoms with Gasteiger partial charge in [-0.15, -0.1) is 0 Å². The summed E-state index contributed by atoms with van der Waals surface area (Å²) in [6.07, 6.45) is -0.475. The number of para-hydroxylation sites is 1. The number of benzene rings is 1. The molecule has 0 aliphatic carbocycles. The molecule has 0 aliphatic heterocycles. The van der Waals surface area contributed by atoms with Crippen molar-refractivity contribution in [1.29, 1.82) is 0 Å². The van der Waals surface area contributed by atoms with Crippen LogP contribution < -0.4 is 9.47 Å². The lowest BCUT2D eigenvalue weighted by atomic mass is 9.97. The van der Waals surface area contributed by atoms with E-state index in [1.165, 1.54) is 19.2 Å². The van der Waals surface area contributed by atoms with Crippen LogP contribution in [0.1, 0.15) is 26.3 Å². The van der Waals surface area contributed by atoms with Crippen LogP contribution in [0.25, 0.3) is 0 Å². The molecule has 1 aromatic carbocycles. The average Bonchev–Trinajstić information content (AvgIpc) is 2.25. The predicted octanol–water partition coefficient (Wildman–Crippen LogP) is 2.32. The zero-order chi connectivity index (χ0) is 15.6. The van der Waals surface area contributed by atoms with Crippen molar-refractivity contribution in [3.63, 3.8) is 0 Å². The van der Waals surface area contributed by atoms with Gasteiger partial charge in [0.15, 0.2) is 11.5 Å². The van der Waals surface area contributed by atoms with Crippen molar-refractivity contribution in [3.05, 3.63) is 23.8 Å². The average molecular weight is 302 g/mol. The number of ether oxygens (including phenoxy) is 2. The highest BCUT2D eigenvalue weighted by Crippen LogP contribution is 2.44. The van der Waals surface area contributed by atoms with E-state index in [9.17, 15) is 9.36 Å². The molecule has 0 fully saturated rings. The molecule has 1 aromatic rings. The third-order valence-electron chi connectivity index (χ3n) is 2.46. The van der Waals surface area contributed by atoms with Crippen LogP contribution in [0.2, 0.25) is 0 Å². The molecule has 0 unspecified atom stereocenters. The number of esters is 1. The minimum Gasteiger partial charge on any atom is -0.493 e. The van der Waals surface area contributed by atoms with Crippen LogP contribution in [0.4, 0.5) is 0 Å². The van der Waals surface area contributed by atoms with E-state index >= 15 is 0 Å². The standard InChI is InChI=1S/C13H19O6P/c1-13(2,3)12(14)19-10-7-5-6-9(11(10)18-4)8-20(15,16)17/h5-7H,8H2,1-4H3,(H2,15,16,17). The number of carbonyl (C=O) groups is 1. The zero-order valence-corrected chi connectivity index (χ0v) is 12.8. The van der Waals surface area contributed by atoms with Gasteiger partial charge in [0, 0.05) is 5.56 Å². The van der Waals surface area contributed by atoms with Gasteiger partial charge in [-0.05, 0) is 26.8 Å². The predicted molar refractivity (Wildman–Crippen MR) is 73.8 cm³/mol. The molecule has 0 atom stereocenters. The van der Waals surface area contributed by atoms with Gasteiger partial charge < -0.3 is 19.3 Å². The van der Waals surface area contributed by atoms with Gasteiger partial charge in [0.25, 0.3) is 0 Å². The molecule has 0 heterocycles. The van der Waals surface area contributed by atoms with E-state index in [2.05, 4.69) is 0 Å². The second-order valence-electron chi connectivity index (χ2n) is 5.41. The fourth-order valence-corrected chi connectivity index (χ4v) is 2.17. The fraction of sp³-hybridized carbons (Fsp3) is 0.462. The summed E-state index contributed by atoms with van der Waals surface area (Å²) in [4.78, 5) is 29.9. The van der Waals surface area contributed by atoms with E-state index in [4.69, 9.17) is 19.3 Å². The highest BCUT2D eigenvalue weighted by Gasteiger charge is 2.26. The first kappa shape index (κ1) is 16.7. The number of carbonyl (C=O) groups excluding carboxylic acids is 1. The SMILES string of the molecule is COc1c(CP(=O)(O)O)cccc1OC(=O)C(C)(C)C. The van der Waals surface area contributed by atoms with Gasteiger partial charge in [-0.25, -0.2) is 0 Å². The van der Waals surface area contributed by atoms with Gasteiger partial charge in [0.1, 0.15) is 0 Å². The highest BCUT2D eigenvalue weighted by molar-refractivity contribution is 7.50. The van der Waals surface area contributed by atoms with Gasteiger partial charge in [0.05, 0.1) is 18.7 Å². The summed E-state index contributed by atoms with van der Waals surface area (Å²) < 4.78 is 21.4. The Kier molecular flexibility index (Phi) is 4.97. The Bertz CT molecular complexity index is 540. The normalized spacial score (nSPS) is 12.1. The summed E-state index contributed by atoms with van der Waals surface area (Å²) in [5.74, 6) is -0.143. The lowest BCUT2D eigenvalue weighted by molar-refractivity contribution is -0.143. The Hall–Kier alpha value is -1.36. The molecule has 2 N–H and O–H groups in total. The third-order valence-corrected chi connectivity index (χ3v) is 3.21. The van der Waals surface area contributed by atoms with Crippen molar-refractivity contribution in [2.24, 2.45) is 5.41 Å². The molecule has 0 bridgehead atoms. The summed E-state index contributed by atoms with van der Waals surface area (Å²) in [6.45, 7) is 5.13. The largest absolute Gasteiger partial charge is 0.493 e. The van der Waals surface area contributed by atoms with Crippen molar-refractivity contribution in [2.45, 2.75) is 26.9 Å². The summed E-state index contributed by atoms with van der Waals surface area (Å²) in [5, 5.41) is 0. The molecule has 20 heavy (non-hydrogen) atoms. The van der Waals surface area contributed by atoms with Crippen molar-refractivity contribution < 1.29 is 28.6 Å². The molecule has 1 rings (SSSR count). The topological polar surface area (TPSA) is 93.1 Å². The zero-order valence-electron chi connectivity index (χ0n) is 11.9. The number of hydrogen-bond donors (Lipinski definition) is 2. The van der Waals surface area contributed by atoms with Gasteiger partial charge in [-0.2, -0.15) is 0 Å². The Morgan fingerprint density at radius 1 is 1.30 bits per heavy atom. The molecule has 0 spiro atoms. The first-order valence-corrected chi connectivity index (χ1v) is 7.77. The van der Waals surface area contributed by atoms with E-state index in [0.717, 1.165) is 0 Å². The molecule has 0 radical (unpaired) electrons. The lowest BCUT2D eigenvalue weighted by Gasteiger charge is -2.19. The maximum absolute atomic E-state index is 11.9. The highest BCUT2D eigenvalue weighted by atomic mass is 31.2. The molecular weight excluding hydrogens is 283 g/mol. The first-order chi connectivity index (χ1) is 9.04. The fourth-order valence-electron chi connectivity index (χ4n) is 1.47. The van der Waals surface area contributed by atoms with Crippen LogP contribution in [0.3, 0.4) is 0 Å². The van der Waals surface area contributed by atoms with Gasteiger partial charge in [0.2, 0.25) is 0 Å². The summed E-state index contributed by atoms with van der Waals surface area (Å²) in [6, 6.07) is 4.59. The Balaban J connectivity index is 3.13. The second-order valence-corrected chi connectivity index (χ2v) is 7.06. The quantitative estimate of drug-likeness (QED) is 0.504. The van der Waals surface area contributed by atoms with Crippen molar-refractivity contribution in [2.75, 3.05) is 7.11 Å². The molecule has 7 heteroatoms. The van der Waals surface area contributed by atoms with Gasteiger partial charge in [-0.1, -0.05) is 12.1 Å². The van der Waals surface area contributed by atoms with Gasteiger partial charge >= 0.3 is 13.6 Å². The maximum Gasteiger partial charge on any atom is 0.330 e. The van der Waals surface area contributed by atoms with Crippen LogP contribution in [-0.4, -0.2) is 22.9 Å². The van der Waals surface area contributed by atoms with Crippen LogP contribution in [-0.2, 0) is 15.5 Å². The molecule has 0 amide bonds. The second kappa shape index (κ2) is 5.95. The summed E-state index contributed by atoms with van der Waals surface area (Å²) >= 11 is 0. The maximum atomic E-state index is 11.9. The van der Waals surface area contributed by atoms with Crippen LogP contribution in [0, 0.1) is 5.41 Å². The Morgan fingerprint density at radius 3 is 2.35 bits per heavy atom. The summed E-state index contributed by atoms with van der Waals surface area (Å²) in [7, 11) is -2.88. The molecule has 6 nitrogen and oxygen atoms in total. The van der Waals surface area contributed by atoms with Crippen LogP contribution in [0.15, 0.2) is 18.2 Å². The number of methoxy groups -OCH3 is 1. The number of rotatable bonds is 4.